The van der Waals surface area contributed by atoms with E-state index < -0.39 is 9.85 Å². The number of nitrogens with one attached hydrogen (secondary N) is 1. The van der Waals surface area contributed by atoms with Gasteiger partial charge in [0.05, 0.1) is 15.9 Å². The van der Waals surface area contributed by atoms with Crippen molar-refractivity contribution in [1.29, 1.82) is 0 Å². The second-order valence-corrected chi connectivity index (χ2v) is 6.49. The molecule has 22 heavy (non-hydrogen) atoms. The van der Waals surface area contributed by atoms with Crippen molar-refractivity contribution in [2.24, 2.45) is 17.8 Å². The highest BCUT2D eigenvalue weighted by Gasteiger charge is 2.42. The number of hydrogen-bond acceptors (Lipinski definition) is 5. The van der Waals surface area contributed by atoms with Crippen molar-refractivity contribution < 1.29 is 9.85 Å². The molecule has 0 aliphatic heterocycles. The molecule has 118 valence electrons. The number of benzene rings is 1. The molecule has 0 unspecified atom stereocenters. The van der Waals surface area contributed by atoms with Crippen molar-refractivity contribution >= 4 is 17.1 Å². The zero-order chi connectivity index (χ0) is 15.9. The van der Waals surface area contributed by atoms with E-state index in [0.717, 1.165) is 12.0 Å². The molecule has 2 aliphatic carbocycles. The van der Waals surface area contributed by atoms with Crippen molar-refractivity contribution in [3.63, 3.8) is 0 Å². The Balaban J connectivity index is 1.79. The number of hydrogen-bond donors (Lipinski definition) is 1. The molecular formula is C15H19N3O4. The van der Waals surface area contributed by atoms with Crippen molar-refractivity contribution in [1.82, 2.24) is 0 Å². The molecule has 0 aromatic heterocycles. The molecule has 3 rings (SSSR count). The maximum atomic E-state index is 11.2. The lowest BCUT2D eigenvalue weighted by Gasteiger charge is -2.29. The van der Waals surface area contributed by atoms with Crippen molar-refractivity contribution in [2.75, 3.05) is 5.32 Å². The minimum Gasteiger partial charge on any atom is -0.377 e. The summed E-state index contributed by atoms with van der Waals surface area (Å²) < 4.78 is 0. The lowest BCUT2D eigenvalue weighted by molar-refractivity contribution is -0.393. The molecule has 7 heteroatoms. The molecule has 1 N–H and O–H groups in total. The fourth-order valence-corrected chi connectivity index (χ4v) is 4.17. The first-order valence-corrected chi connectivity index (χ1v) is 7.65. The molecule has 2 saturated carbocycles. The number of nitrogens with zero attached hydrogens (tertiary/aromatic N) is 2. The first kappa shape index (κ1) is 14.7. The van der Waals surface area contributed by atoms with Gasteiger partial charge in [-0.05, 0) is 50.0 Å². The van der Waals surface area contributed by atoms with Gasteiger partial charge in [0.2, 0.25) is 0 Å². The Hall–Kier alpha value is -2.18. The third kappa shape index (κ3) is 2.63. The molecule has 0 heterocycles. The van der Waals surface area contributed by atoms with Crippen LogP contribution in [0, 0.1) is 38.0 Å². The number of rotatable bonds is 5. The van der Waals surface area contributed by atoms with Gasteiger partial charge < -0.3 is 5.32 Å². The van der Waals surface area contributed by atoms with Gasteiger partial charge in [0.1, 0.15) is 5.69 Å². The van der Waals surface area contributed by atoms with E-state index in [1.54, 1.807) is 0 Å². The molecule has 1 aromatic carbocycles. The highest BCUT2D eigenvalue weighted by atomic mass is 16.6. The lowest BCUT2D eigenvalue weighted by atomic mass is 9.84. The molecule has 0 amide bonds. The first-order valence-electron chi connectivity index (χ1n) is 7.65. The maximum absolute atomic E-state index is 11.2. The minimum atomic E-state index is -0.615. The van der Waals surface area contributed by atoms with E-state index in [2.05, 4.69) is 12.2 Å². The second-order valence-electron chi connectivity index (χ2n) is 6.49. The number of fused-ring (bicyclic) bond motifs is 2. The van der Waals surface area contributed by atoms with E-state index in [9.17, 15) is 20.2 Å². The van der Waals surface area contributed by atoms with Gasteiger partial charge in [0, 0.05) is 12.1 Å². The quantitative estimate of drug-likeness (QED) is 0.660. The Morgan fingerprint density at radius 3 is 2.50 bits per heavy atom. The van der Waals surface area contributed by atoms with Crippen LogP contribution in [-0.4, -0.2) is 15.9 Å². The third-order valence-electron chi connectivity index (χ3n) is 5.21. The zero-order valence-electron chi connectivity index (χ0n) is 12.4. The SMILES string of the molecule is C[C@@H](Nc1ccc([N+](=O)[O-])cc1[N+](=O)[O-])[C@H]1C[C@@H]2CC[C@@H]1C2. The Morgan fingerprint density at radius 2 is 1.95 bits per heavy atom. The van der Waals surface area contributed by atoms with Crippen LogP contribution < -0.4 is 5.32 Å². The van der Waals surface area contributed by atoms with Crippen molar-refractivity contribution in [3.05, 3.63) is 38.4 Å². The standard InChI is InChI=1S/C15H19N3O4/c1-9(13-7-10-2-3-11(13)6-10)16-14-5-4-12(17(19)20)8-15(14)18(21)22/h4-5,8-11,13,16H,2-3,6-7H2,1H3/t9-,10-,11-,13-/m1/s1. The predicted octanol–water partition coefficient (Wildman–Crippen LogP) is 3.74. The molecule has 2 fully saturated rings. The van der Waals surface area contributed by atoms with Crippen molar-refractivity contribution in [3.8, 4) is 0 Å². The van der Waals surface area contributed by atoms with Crippen LogP contribution in [-0.2, 0) is 0 Å². The summed E-state index contributed by atoms with van der Waals surface area (Å²) in [7, 11) is 0. The van der Waals surface area contributed by atoms with Gasteiger partial charge in [-0.1, -0.05) is 6.42 Å². The van der Waals surface area contributed by atoms with Crippen LogP contribution in [0.3, 0.4) is 0 Å². The van der Waals surface area contributed by atoms with Gasteiger partial charge in [-0.25, -0.2) is 0 Å². The summed E-state index contributed by atoms with van der Waals surface area (Å²) >= 11 is 0. The van der Waals surface area contributed by atoms with Gasteiger partial charge in [0.25, 0.3) is 11.4 Å². The van der Waals surface area contributed by atoms with E-state index in [1.165, 1.54) is 37.8 Å². The van der Waals surface area contributed by atoms with E-state index in [4.69, 9.17) is 0 Å². The molecular weight excluding hydrogens is 286 g/mol. The Morgan fingerprint density at radius 1 is 1.18 bits per heavy atom. The van der Waals surface area contributed by atoms with Crippen molar-refractivity contribution in [2.45, 2.75) is 38.6 Å². The van der Waals surface area contributed by atoms with Gasteiger partial charge in [-0.3, -0.25) is 20.2 Å². The van der Waals surface area contributed by atoms with Crippen LogP contribution in [0.15, 0.2) is 18.2 Å². The fraction of sp³-hybridized carbons (Fsp3) is 0.600. The summed E-state index contributed by atoms with van der Waals surface area (Å²) in [5.41, 5.74) is -0.125. The van der Waals surface area contributed by atoms with Gasteiger partial charge in [-0.15, -0.1) is 0 Å². The van der Waals surface area contributed by atoms with E-state index in [-0.39, 0.29) is 17.4 Å². The number of nitro groups is 2. The predicted molar refractivity (Wildman–Crippen MR) is 81.8 cm³/mol. The Labute approximate surface area is 128 Å². The number of nitro benzene ring substituents is 2. The highest BCUT2D eigenvalue weighted by Crippen LogP contribution is 2.50. The fourth-order valence-electron chi connectivity index (χ4n) is 4.17. The van der Waals surface area contributed by atoms with Crippen LogP contribution in [0.2, 0.25) is 0 Å². The second kappa shape index (κ2) is 5.55. The van der Waals surface area contributed by atoms with Gasteiger partial charge >= 0.3 is 0 Å². The molecule has 2 aliphatic rings. The average molecular weight is 305 g/mol. The summed E-state index contributed by atoms with van der Waals surface area (Å²) in [6, 6.07) is 3.91. The highest BCUT2D eigenvalue weighted by molar-refractivity contribution is 5.65. The normalized spacial score (nSPS) is 27.6. The van der Waals surface area contributed by atoms with Crippen LogP contribution in [0.4, 0.5) is 17.1 Å². The van der Waals surface area contributed by atoms with Gasteiger partial charge in [-0.2, -0.15) is 0 Å². The van der Waals surface area contributed by atoms with Crippen LogP contribution in [0.1, 0.15) is 32.6 Å². The molecule has 0 saturated heterocycles. The molecule has 1 aromatic rings. The van der Waals surface area contributed by atoms with E-state index in [1.807, 2.05) is 0 Å². The molecule has 0 spiro atoms. The average Bonchev–Trinajstić information content (AvgIpc) is 3.09. The largest absolute Gasteiger partial charge is 0.377 e. The smallest absolute Gasteiger partial charge is 0.299 e. The van der Waals surface area contributed by atoms with E-state index in [0.29, 0.717) is 17.5 Å². The molecule has 4 atom stereocenters. The topological polar surface area (TPSA) is 98.3 Å². The number of non-ortho nitro benzene ring substituents is 1. The summed E-state index contributed by atoms with van der Waals surface area (Å²) in [4.78, 5) is 20.8. The molecule has 7 nitrogen and oxygen atoms in total. The summed E-state index contributed by atoms with van der Waals surface area (Å²) in [6.07, 6.45) is 5.02. The molecule has 0 radical (unpaired) electrons. The monoisotopic (exact) mass is 305 g/mol. The first-order chi connectivity index (χ1) is 10.5. The minimum absolute atomic E-state index is 0.135. The Kier molecular flexibility index (Phi) is 3.72. The van der Waals surface area contributed by atoms with Gasteiger partial charge in [0.15, 0.2) is 0 Å². The van der Waals surface area contributed by atoms with Crippen LogP contribution in [0.5, 0.6) is 0 Å². The Bertz CT molecular complexity index is 619. The third-order valence-corrected chi connectivity index (χ3v) is 5.21. The van der Waals surface area contributed by atoms with Crippen LogP contribution in [0.25, 0.3) is 0 Å². The number of anilines is 1. The van der Waals surface area contributed by atoms with Crippen LogP contribution >= 0.6 is 0 Å². The zero-order valence-corrected chi connectivity index (χ0v) is 12.4. The van der Waals surface area contributed by atoms with E-state index >= 15 is 0 Å². The summed E-state index contributed by atoms with van der Waals surface area (Å²) in [6.45, 7) is 2.05. The molecule has 2 bridgehead atoms. The summed E-state index contributed by atoms with van der Waals surface area (Å²) in [5, 5.41) is 25.2. The lowest BCUT2D eigenvalue weighted by Crippen LogP contribution is -2.30. The maximum Gasteiger partial charge on any atom is 0.299 e. The summed E-state index contributed by atoms with van der Waals surface area (Å²) in [5.74, 6) is 2.06.